The molecule has 4 nitrogen and oxygen atoms in total. The Hall–Kier alpha value is -1.75. The molecule has 0 aliphatic heterocycles. The van der Waals surface area contributed by atoms with E-state index in [-0.39, 0.29) is 11.9 Å². The number of fused-ring (bicyclic) bond motifs is 1. The molecule has 2 aromatic rings. The molecule has 0 fully saturated rings. The van der Waals surface area contributed by atoms with Crippen molar-refractivity contribution in [1.82, 2.24) is 9.88 Å². The van der Waals surface area contributed by atoms with Gasteiger partial charge in [-0.1, -0.05) is 47.0 Å². The summed E-state index contributed by atoms with van der Waals surface area (Å²) in [6.45, 7) is 10.6. The van der Waals surface area contributed by atoms with Crippen LogP contribution >= 0.6 is 11.3 Å². The lowest BCUT2D eigenvalue weighted by atomic mass is 10.1. The molecule has 144 valence electrons. The molecule has 1 atom stereocenters. The lowest BCUT2D eigenvalue weighted by Gasteiger charge is -2.23. The normalized spacial score (nSPS) is 12.1. The van der Waals surface area contributed by atoms with Crippen LogP contribution in [0.25, 0.3) is 10.2 Å². The van der Waals surface area contributed by atoms with E-state index in [0.717, 1.165) is 27.9 Å². The van der Waals surface area contributed by atoms with Crippen molar-refractivity contribution in [2.24, 2.45) is 4.99 Å². The van der Waals surface area contributed by atoms with Crippen LogP contribution in [-0.2, 0) is 6.42 Å². The molecule has 0 radical (unpaired) electrons. The number of hydrogen-bond donors (Lipinski definition) is 0. The van der Waals surface area contributed by atoms with Crippen molar-refractivity contribution in [3.63, 3.8) is 0 Å². The van der Waals surface area contributed by atoms with Crippen LogP contribution < -0.4 is 0 Å². The monoisotopic (exact) mass is 375 g/mol. The Bertz CT molecular complexity index is 706. The Kier molecular flexibility index (Phi) is 10.1. The van der Waals surface area contributed by atoms with E-state index in [1.807, 2.05) is 25.3 Å². The Morgan fingerprint density at radius 2 is 2.00 bits per heavy atom. The summed E-state index contributed by atoms with van der Waals surface area (Å²) in [7, 11) is 1.68. The van der Waals surface area contributed by atoms with Crippen molar-refractivity contribution >= 4 is 33.8 Å². The number of carbonyl (C=O) groups excluding carboxylic acids is 1. The smallest absolute Gasteiger partial charge is 0.269 e. The summed E-state index contributed by atoms with van der Waals surface area (Å²) >= 11 is 1.45. The summed E-state index contributed by atoms with van der Waals surface area (Å²) in [5.74, 6) is 0.00000283. The molecule has 0 N–H and O–H groups in total. The van der Waals surface area contributed by atoms with E-state index >= 15 is 0 Å². The van der Waals surface area contributed by atoms with Crippen LogP contribution in [-0.4, -0.2) is 35.2 Å². The van der Waals surface area contributed by atoms with Gasteiger partial charge in [0.05, 0.1) is 11.2 Å². The summed E-state index contributed by atoms with van der Waals surface area (Å²) in [6.07, 6.45) is 9.34. The molecule has 0 aromatic carbocycles. The van der Waals surface area contributed by atoms with Gasteiger partial charge in [0.25, 0.3) is 5.91 Å². The first-order valence-corrected chi connectivity index (χ1v) is 10.5. The minimum atomic E-state index is 0.00000283. The Balaban J connectivity index is 0.000000597. The second-order valence-electron chi connectivity index (χ2n) is 6.35. The number of rotatable bonds is 7. The number of hydrogen-bond acceptors (Lipinski definition) is 4. The van der Waals surface area contributed by atoms with Gasteiger partial charge in [0.2, 0.25) is 0 Å². The molecule has 1 unspecified atom stereocenters. The zero-order valence-electron chi connectivity index (χ0n) is 17.1. The number of pyridine rings is 1. The average molecular weight is 376 g/mol. The van der Waals surface area contributed by atoms with Crippen molar-refractivity contribution in [2.75, 3.05) is 7.05 Å². The highest BCUT2D eigenvalue weighted by atomic mass is 32.1. The maximum atomic E-state index is 12.7. The van der Waals surface area contributed by atoms with Crippen LogP contribution in [0.1, 0.15) is 75.5 Å². The molecule has 1 amide bonds. The van der Waals surface area contributed by atoms with Crippen LogP contribution in [0.15, 0.2) is 23.3 Å². The SMILES string of the molecule is CCCCC.CCc1ccnc2sc(C(=O)N(C=NC)C(C)CC)cc12. The molecule has 0 spiro atoms. The third-order valence-corrected chi connectivity index (χ3v) is 5.40. The number of aromatic nitrogens is 1. The number of aliphatic imine (C=N–C) groups is 1. The molecule has 0 bridgehead atoms. The first kappa shape index (κ1) is 22.3. The van der Waals surface area contributed by atoms with E-state index in [0.29, 0.717) is 0 Å². The van der Waals surface area contributed by atoms with Gasteiger partial charge < -0.3 is 0 Å². The standard InChI is InChI=1S/C16H21N3OS.C5H12/c1-5-11(3)19(10-17-4)16(20)14-9-13-12(6-2)7-8-18-15(13)21-14;1-3-5-4-2/h7-11H,5-6H2,1-4H3;3-5H2,1-2H3. The van der Waals surface area contributed by atoms with E-state index in [1.54, 1.807) is 18.3 Å². The quantitative estimate of drug-likeness (QED) is 0.443. The van der Waals surface area contributed by atoms with E-state index in [1.165, 1.54) is 36.2 Å². The number of unbranched alkanes of at least 4 members (excludes halogenated alkanes) is 2. The molecule has 0 aliphatic carbocycles. The van der Waals surface area contributed by atoms with E-state index < -0.39 is 0 Å². The van der Waals surface area contributed by atoms with Crippen molar-refractivity contribution in [3.8, 4) is 0 Å². The topological polar surface area (TPSA) is 45.6 Å². The second-order valence-corrected chi connectivity index (χ2v) is 7.38. The fourth-order valence-corrected chi connectivity index (χ4v) is 3.57. The van der Waals surface area contributed by atoms with Crippen molar-refractivity contribution in [1.29, 1.82) is 0 Å². The molecular formula is C21H33N3OS. The predicted octanol–water partition coefficient (Wildman–Crippen LogP) is 5.95. The van der Waals surface area contributed by atoms with Crippen molar-refractivity contribution in [3.05, 3.63) is 28.8 Å². The highest BCUT2D eigenvalue weighted by Gasteiger charge is 2.21. The molecule has 2 rings (SSSR count). The third-order valence-electron chi connectivity index (χ3n) is 4.36. The Morgan fingerprint density at radius 3 is 2.50 bits per heavy atom. The molecule has 2 heterocycles. The van der Waals surface area contributed by atoms with E-state index in [4.69, 9.17) is 0 Å². The summed E-state index contributed by atoms with van der Waals surface area (Å²) < 4.78 is 0. The first-order chi connectivity index (χ1) is 12.5. The number of amides is 1. The van der Waals surface area contributed by atoms with Crippen LogP contribution in [0.3, 0.4) is 0 Å². The first-order valence-electron chi connectivity index (χ1n) is 9.66. The third kappa shape index (κ3) is 5.90. The highest BCUT2D eigenvalue weighted by Crippen LogP contribution is 2.28. The molecule has 0 aliphatic rings. The van der Waals surface area contributed by atoms with E-state index in [9.17, 15) is 4.79 Å². The van der Waals surface area contributed by atoms with Gasteiger partial charge in [-0.25, -0.2) is 4.98 Å². The molecule has 0 saturated carbocycles. The summed E-state index contributed by atoms with van der Waals surface area (Å²) in [4.78, 5) is 24.5. The molecular weight excluding hydrogens is 342 g/mol. The van der Waals surface area contributed by atoms with Crippen LogP contribution in [0, 0.1) is 0 Å². The maximum absolute atomic E-state index is 12.7. The largest absolute Gasteiger partial charge is 0.296 e. The predicted molar refractivity (Wildman–Crippen MR) is 115 cm³/mol. The average Bonchev–Trinajstić information content (AvgIpc) is 3.10. The van der Waals surface area contributed by atoms with Crippen LogP contribution in [0.2, 0.25) is 0 Å². The van der Waals surface area contributed by atoms with Gasteiger partial charge in [0.1, 0.15) is 4.83 Å². The van der Waals surface area contributed by atoms with E-state index in [2.05, 4.69) is 37.7 Å². The van der Waals surface area contributed by atoms with Crippen molar-refractivity contribution < 1.29 is 4.79 Å². The maximum Gasteiger partial charge on any atom is 0.269 e. The lowest BCUT2D eigenvalue weighted by Crippen LogP contribution is -2.36. The summed E-state index contributed by atoms with van der Waals surface area (Å²) in [5.41, 5.74) is 1.23. The number of aryl methyl sites for hydroxylation is 1. The second kappa shape index (κ2) is 11.8. The van der Waals surface area contributed by atoms with Gasteiger partial charge in [-0.2, -0.15) is 0 Å². The fourth-order valence-electron chi connectivity index (χ4n) is 2.57. The molecule has 26 heavy (non-hydrogen) atoms. The van der Waals surface area contributed by atoms with Crippen LogP contribution in [0.5, 0.6) is 0 Å². The summed E-state index contributed by atoms with van der Waals surface area (Å²) in [6, 6.07) is 4.11. The van der Waals surface area contributed by atoms with Gasteiger partial charge in [0, 0.05) is 24.7 Å². The lowest BCUT2D eigenvalue weighted by molar-refractivity contribution is 0.0819. The zero-order chi connectivity index (χ0) is 19.5. The minimum absolute atomic E-state index is 0.00000283. The van der Waals surface area contributed by atoms with Crippen LogP contribution in [0.4, 0.5) is 0 Å². The summed E-state index contributed by atoms with van der Waals surface area (Å²) in [5, 5.41) is 1.09. The Labute approximate surface area is 162 Å². The zero-order valence-corrected chi connectivity index (χ0v) is 17.9. The van der Waals surface area contributed by atoms with Gasteiger partial charge in [0.15, 0.2) is 0 Å². The molecule has 0 saturated heterocycles. The molecule has 5 heteroatoms. The number of carbonyl (C=O) groups is 1. The van der Waals surface area contributed by atoms with Gasteiger partial charge in [-0.05, 0) is 37.5 Å². The number of nitrogens with zero attached hydrogens (tertiary/aromatic N) is 3. The fraction of sp³-hybridized carbons (Fsp3) is 0.571. The Morgan fingerprint density at radius 1 is 1.31 bits per heavy atom. The molecule has 2 aromatic heterocycles. The number of thiophene rings is 1. The highest BCUT2D eigenvalue weighted by molar-refractivity contribution is 7.20. The minimum Gasteiger partial charge on any atom is -0.296 e. The van der Waals surface area contributed by atoms with Crippen molar-refractivity contribution in [2.45, 2.75) is 72.8 Å². The van der Waals surface area contributed by atoms with Gasteiger partial charge >= 0.3 is 0 Å². The van der Waals surface area contributed by atoms with Gasteiger partial charge in [-0.3, -0.25) is 14.7 Å². The van der Waals surface area contributed by atoms with Gasteiger partial charge in [-0.15, -0.1) is 11.3 Å².